The van der Waals surface area contributed by atoms with E-state index in [-0.39, 0.29) is 0 Å². The molecule has 1 aromatic rings. The summed E-state index contributed by atoms with van der Waals surface area (Å²) in [5.74, 6) is 1.04. The van der Waals surface area contributed by atoms with Gasteiger partial charge in [-0.3, -0.25) is 0 Å². The summed E-state index contributed by atoms with van der Waals surface area (Å²) < 4.78 is 0. The number of nitrogens with one attached hydrogen (secondary N) is 1. The lowest BCUT2D eigenvalue weighted by atomic mass is 9.99. The second-order valence-electron chi connectivity index (χ2n) is 4.64. The van der Waals surface area contributed by atoms with E-state index in [4.69, 9.17) is 16.7 Å². The molecule has 1 fully saturated rings. The monoisotopic (exact) mass is 270 g/mol. The fraction of sp³-hybridized carbons (Fsp3) is 0.667. The number of nitrogens with zero attached hydrogens (tertiary/aromatic N) is 3. The molecule has 5 nitrogen and oxygen atoms in total. The fourth-order valence-electron chi connectivity index (χ4n) is 2.23. The van der Waals surface area contributed by atoms with Gasteiger partial charge in [0, 0.05) is 26.2 Å². The Morgan fingerprint density at radius 1 is 1.44 bits per heavy atom. The standard InChI is InChI=1S/C12H19ClN4O/c13-11-6-15-12(16-7-11)14-3-5-17-4-1-2-10(8-17)9-18/h6-7,10,18H,1-5,8-9H2,(H,14,15,16)/t10-/m1/s1. The zero-order chi connectivity index (χ0) is 12.8. The van der Waals surface area contributed by atoms with Crippen LogP contribution in [0.3, 0.4) is 0 Å². The summed E-state index contributed by atoms with van der Waals surface area (Å²) >= 11 is 5.71. The normalized spacial score (nSPS) is 20.9. The number of aromatic nitrogens is 2. The van der Waals surface area contributed by atoms with Crippen molar-refractivity contribution in [3.05, 3.63) is 17.4 Å². The first-order chi connectivity index (χ1) is 8.78. The molecule has 1 saturated heterocycles. The Kier molecular flexibility index (Phi) is 5.16. The van der Waals surface area contributed by atoms with Crippen molar-refractivity contribution in [3.63, 3.8) is 0 Å². The van der Waals surface area contributed by atoms with E-state index in [0.29, 0.717) is 23.5 Å². The first-order valence-corrected chi connectivity index (χ1v) is 6.70. The van der Waals surface area contributed by atoms with Crippen LogP contribution in [0, 0.1) is 5.92 Å². The molecule has 1 atom stereocenters. The molecule has 1 aromatic heterocycles. The van der Waals surface area contributed by atoms with E-state index in [9.17, 15) is 0 Å². The van der Waals surface area contributed by atoms with Gasteiger partial charge in [0.2, 0.25) is 5.95 Å². The molecule has 2 N–H and O–H groups in total. The highest BCUT2D eigenvalue weighted by Gasteiger charge is 2.18. The minimum Gasteiger partial charge on any atom is -0.396 e. The molecular formula is C12H19ClN4O. The molecule has 100 valence electrons. The number of hydrogen-bond donors (Lipinski definition) is 2. The predicted molar refractivity (Wildman–Crippen MR) is 71.8 cm³/mol. The van der Waals surface area contributed by atoms with Crippen LogP contribution < -0.4 is 5.32 Å². The minimum atomic E-state index is 0.296. The largest absolute Gasteiger partial charge is 0.396 e. The Bertz CT molecular complexity index is 360. The molecule has 0 amide bonds. The average Bonchev–Trinajstić information content (AvgIpc) is 2.41. The molecule has 1 aliphatic heterocycles. The lowest BCUT2D eigenvalue weighted by Gasteiger charge is -2.31. The SMILES string of the molecule is OC[C@@H]1CCCN(CCNc2ncc(Cl)cn2)C1. The lowest BCUT2D eigenvalue weighted by Crippen LogP contribution is -2.39. The highest BCUT2D eigenvalue weighted by molar-refractivity contribution is 6.30. The van der Waals surface area contributed by atoms with Gasteiger partial charge in [-0.15, -0.1) is 0 Å². The molecule has 0 unspecified atom stereocenters. The third kappa shape index (κ3) is 4.08. The zero-order valence-corrected chi connectivity index (χ0v) is 11.1. The quantitative estimate of drug-likeness (QED) is 0.843. The molecule has 0 radical (unpaired) electrons. The molecule has 0 aromatic carbocycles. The third-order valence-corrected chi connectivity index (χ3v) is 3.39. The zero-order valence-electron chi connectivity index (χ0n) is 10.3. The van der Waals surface area contributed by atoms with Crippen LogP contribution in [0.4, 0.5) is 5.95 Å². The summed E-state index contributed by atoms with van der Waals surface area (Å²) in [5.41, 5.74) is 0. The van der Waals surface area contributed by atoms with Crippen LogP contribution in [0.2, 0.25) is 5.02 Å². The molecule has 0 bridgehead atoms. The topological polar surface area (TPSA) is 61.3 Å². The Balaban J connectivity index is 1.70. The minimum absolute atomic E-state index is 0.296. The number of anilines is 1. The van der Waals surface area contributed by atoms with Gasteiger partial charge in [-0.25, -0.2) is 9.97 Å². The van der Waals surface area contributed by atoms with Crippen LogP contribution in [0.1, 0.15) is 12.8 Å². The number of aliphatic hydroxyl groups excluding tert-OH is 1. The van der Waals surface area contributed by atoms with Crippen molar-refractivity contribution >= 4 is 17.5 Å². The maximum atomic E-state index is 9.16. The first kappa shape index (κ1) is 13.5. The smallest absolute Gasteiger partial charge is 0.222 e. The van der Waals surface area contributed by atoms with Crippen molar-refractivity contribution in [1.82, 2.24) is 14.9 Å². The molecule has 0 saturated carbocycles. The molecule has 2 heterocycles. The number of rotatable bonds is 5. The highest BCUT2D eigenvalue weighted by atomic mass is 35.5. The van der Waals surface area contributed by atoms with Gasteiger partial charge in [-0.05, 0) is 25.3 Å². The van der Waals surface area contributed by atoms with Crippen LogP contribution in [-0.4, -0.2) is 52.8 Å². The van der Waals surface area contributed by atoms with Crippen LogP contribution in [-0.2, 0) is 0 Å². The molecule has 18 heavy (non-hydrogen) atoms. The number of halogens is 1. The Hall–Kier alpha value is -0.910. The van der Waals surface area contributed by atoms with Crippen LogP contribution in [0.25, 0.3) is 0 Å². The van der Waals surface area contributed by atoms with E-state index in [2.05, 4.69) is 20.2 Å². The van der Waals surface area contributed by atoms with E-state index >= 15 is 0 Å². The van der Waals surface area contributed by atoms with E-state index in [1.807, 2.05) is 0 Å². The summed E-state index contributed by atoms with van der Waals surface area (Å²) in [6.07, 6.45) is 5.47. The van der Waals surface area contributed by atoms with Crippen LogP contribution >= 0.6 is 11.6 Å². The highest BCUT2D eigenvalue weighted by Crippen LogP contribution is 2.15. The summed E-state index contributed by atoms with van der Waals surface area (Å²) in [5, 5.41) is 12.9. The second-order valence-corrected chi connectivity index (χ2v) is 5.08. The Labute approximate surface area is 112 Å². The maximum Gasteiger partial charge on any atom is 0.222 e. The van der Waals surface area contributed by atoms with Gasteiger partial charge in [-0.1, -0.05) is 11.6 Å². The van der Waals surface area contributed by atoms with E-state index in [1.54, 1.807) is 12.4 Å². The molecule has 0 aliphatic carbocycles. The van der Waals surface area contributed by atoms with Crippen molar-refractivity contribution < 1.29 is 5.11 Å². The maximum absolute atomic E-state index is 9.16. The second kappa shape index (κ2) is 6.87. The van der Waals surface area contributed by atoms with Gasteiger partial charge in [0.1, 0.15) is 0 Å². The molecule has 6 heteroatoms. The van der Waals surface area contributed by atoms with Gasteiger partial charge in [0.05, 0.1) is 17.4 Å². The lowest BCUT2D eigenvalue weighted by molar-refractivity contribution is 0.123. The number of piperidine rings is 1. The van der Waals surface area contributed by atoms with Gasteiger partial charge in [0.15, 0.2) is 0 Å². The third-order valence-electron chi connectivity index (χ3n) is 3.19. The summed E-state index contributed by atoms with van der Waals surface area (Å²) in [4.78, 5) is 10.5. The molecule has 1 aliphatic rings. The van der Waals surface area contributed by atoms with Gasteiger partial charge in [0.25, 0.3) is 0 Å². The summed E-state index contributed by atoms with van der Waals surface area (Å²) in [6, 6.07) is 0. The Morgan fingerprint density at radius 3 is 2.94 bits per heavy atom. The summed E-state index contributed by atoms with van der Waals surface area (Å²) in [7, 11) is 0. The van der Waals surface area contributed by atoms with Gasteiger partial charge in [-0.2, -0.15) is 0 Å². The Morgan fingerprint density at radius 2 is 2.22 bits per heavy atom. The van der Waals surface area contributed by atoms with E-state index < -0.39 is 0 Å². The van der Waals surface area contributed by atoms with E-state index in [0.717, 1.165) is 32.6 Å². The van der Waals surface area contributed by atoms with Crippen molar-refractivity contribution in [2.45, 2.75) is 12.8 Å². The van der Waals surface area contributed by atoms with Crippen LogP contribution in [0.15, 0.2) is 12.4 Å². The first-order valence-electron chi connectivity index (χ1n) is 6.32. The number of likely N-dealkylation sites (tertiary alicyclic amines) is 1. The number of hydrogen-bond acceptors (Lipinski definition) is 5. The van der Waals surface area contributed by atoms with Crippen molar-refractivity contribution in [2.24, 2.45) is 5.92 Å². The van der Waals surface area contributed by atoms with Gasteiger partial charge >= 0.3 is 0 Å². The van der Waals surface area contributed by atoms with Crippen molar-refractivity contribution in [2.75, 3.05) is 38.1 Å². The van der Waals surface area contributed by atoms with Crippen molar-refractivity contribution in [1.29, 1.82) is 0 Å². The molecular weight excluding hydrogens is 252 g/mol. The van der Waals surface area contributed by atoms with Crippen molar-refractivity contribution in [3.8, 4) is 0 Å². The fourth-order valence-corrected chi connectivity index (χ4v) is 2.33. The molecule has 2 rings (SSSR count). The predicted octanol–water partition coefficient (Wildman–Crippen LogP) is 1.25. The average molecular weight is 271 g/mol. The summed E-state index contributed by atoms with van der Waals surface area (Å²) in [6.45, 7) is 4.14. The van der Waals surface area contributed by atoms with Gasteiger partial charge < -0.3 is 15.3 Å². The molecule has 0 spiro atoms. The number of aliphatic hydroxyl groups is 1. The van der Waals surface area contributed by atoms with E-state index in [1.165, 1.54) is 6.42 Å². The van der Waals surface area contributed by atoms with Crippen LogP contribution in [0.5, 0.6) is 0 Å².